The van der Waals surface area contributed by atoms with E-state index in [1.807, 2.05) is 31.4 Å². The Hall–Kier alpha value is -1.69. The van der Waals surface area contributed by atoms with Crippen LogP contribution in [0.1, 0.15) is 32.6 Å². The number of nitrogens with zero attached hydrogens (tertiary/aromatic N) is 2. The van der Waals surface area contributed by atoms with Gasteiger partial charge in [0.05, 0.1) is 4.88 Å². The van der Waals surface area contributed by atoms with Crippen LogP contribution < -0.4 is 5.32 Å². The number of hydrogen-bond acceptors (Lipinski definition) is 5. The second-order valence-electron chi connectivity index (χ2n) is 4.37. The molecule has 0 unspecified atom stereocenters. The molecule has 2 aromatic heterocycles. The van der Waals surface area contributed by atoms with E-state index in [1.165, 1.54) is 0 Å². The summed E-state index contributed by atoms with van der Waals surface area (Å²) in [5, 5.41) is 8.78. The molecule has 1 atom stereocenters. The molecule has 6 heteroatoms. The van der Waals surface area contributed by atoms with Gasteiger partial charge in [0.2, 0.25) is 17.6 Å². The minimum atomic E-state index is 0.0187. The van der Waals surface area contributed by atoms with Crippen LogP contribution in [0.2, 0.25) is 0 Å². The Morgan fingerprint density at radius 2 is 2.42 bits per heavy atom. The van der Waals surface area contributed by atoms with Crippen LogP contribution in [0.25, 0.3) is 10.7 Å². The van der Waals surface area contributed by atoms with Gasteiger partial charge in [-0.3, -0.25) is 4.79 Å². The average molecular weight is 279 g/mol. The average Bonchev–Trinajstić information content (AvgIpc) is 3.06. The van der Waals surface area contributed by atoms with Gasteiger partial charge in [-0.1, -0.05) is 18.1 Å². The summed E-state index contributed by atoms with van der Waals surface area (Å²) in [7, 11) is 0. The number of thiophene rings is 1. The third-order valence-corrected chi connectivity index (χ3v) is 3.66. The molecule has 0 saturated heterocycles. The molecule has 19 heavy (non-hydrogen) atoms. The summed E-state index contributed by atoms with van der Waals surface area (Å²) < 4.78 is 5.14. The highest BCUT2D eigenvalue weighted by Crippen LogP contribution is 2.21. The molecule has 2 rings (SSSR count). The zero-order valence-electron chi connectivity index (χ0n) is 11.0. The summed E-state index contributed by atoms with van der Waals surface area (Å²) in [6.45, 7) is 4.02. The highest BCUT2D eigenvalue weighted by atomic mass is 32.1. The lowest BCUT2D eigenvalue weighted by atomic mass is 10.2. The molecule has 0 aliphatic rings. The normalized spacial score (nSPS) is 12.3. The van der Waals surface area contributed by atoms with E-state index in [9.17, 15) is 4.79 Å². The van der Waals surface area contributed by atoms with Crippen molar-refractivity contribution in [1.82, 2.24) is 15.5 Å². The number of amides is 1. The molecule has 2 heterocycles. The molecule has 0 fully saturated rings. The third kappa shape index (κ3) is 3.89. The number of carbonyl (C=O) groups excluding carboxylic acids is 1. The van der Waals surface area contributed by atoms with Crippen LogP contribution in [0, 0.1) is 0 Å². The monoisotopic (exact) mass is 279 g/mol. The largest absolute Gasteiger partial charge is 0.354 e. The van der Waals surface area contributed by atoms with E-state index in [2.05, 4.69) is 15.5 Å². The zero-order chi connectivity index (χ0) is 13.7. The van der Waals surface area contributed by atoms with Crippen molar-refractivity contribution in [2.75, 3.05) is 0 Å². The van der Waals surface area contributed by atoms with Gasteiger partial charge in [0.1, 0.15) is 0 Å². The predicted octanol–water partition coefficient (Wildman–Crippen LogP) is 2.65. The molecular formula is C13H17N3O2S. The lowest BCUT2D eigenvalue weighted by molar-refractivity contribution is -0.121. The summed E-state index contributed by atoms with van der Waals surface area (Å²) in [5.41, 5.74) is 0. The van der Waals surface area contributed by atoms with Crippen LogP contribution in [0.4, 0.5) is 0 Å². The number of carbonyl (C=O) groups is 1. The van der Waals surface area contributed by atoms with E-state index in [4.69, 9.17) is 4.52 Å². The molecule has 0 aliphatic carbocycles. The van der Waals surface area contributed by atoms with Gasteiger partial charge in [0, 0.05) is 18.9 Å². The van der Waals surface area contributed by atoms with Gasteiger partial charge in [-0.05, 0) is 24.8 Å². The van der Waals surface area contributed by atoms with Crippen LogP contribution >= 0.6 is 11.3 Å². The number of rotatable bonds is 6. The van der Waals surface area contributed by atoms with Crippen molar-refractivity contribution in [3.63, 3.8) is 0 Å². The maximum atomic E-state index is 11.6. The minimum absolute atomic E-state index is 0.0187. The Bertz CT molecular complexity index is 522. The van der Waals surface area contributed by atoms with Crippen LogP contribution in [-0.2, 0) is 11.2 Å². The van der Waals surface area contributed by atoms with E-state index in [0.717, 1.165) is 11.3 Å². The van der Waals surface area contributed by atoms with Crippen LogP contribution in [0.3, 0.4) is 0 Å². The first kappa shape index (κ1) is 13.7. The molecule has 0 aliphatic heterocycles. The minimum Gasteiger partial charge on any atom is -0.354 e. The summed E-state index contributed by atoms with van der Waals surface area (Å²) in [4.78, 5) is 16.9. The Kier molecular flexibility index (Phi) is 4.68. The van der Waals surface area contributed by atoms with Crippen molar-refractivity contribution < 1.29 is 9.32 Å². The fraction of sp³-hybridized carbons (Fsp3) is 0.462. The number of aryl methyl sites for hydroxylation is 1. The van der Waals surface area contributed by atoms with Gasteiger partial charge in [-0.2, -0.15) is 4.98 Å². The van der Waals surface area contributed by atoms with Crippen molar-refractivity contribution in [3.8, 4) is 10.7 Å². The Morgan fingerprint density at radius 3 is 3.11 bits per heavy atom. The van der Waals surface area contributed by atoms with Gasteiger partial charge in [-0.15, -0.1) is 11.3 Å². The summed E-state index contributed by atoms with van der Waals surface area (Å²) >= 11 is 1.56. The Labute approximate surface area is 116 Å². The molecule has 0 spiro atoms. The second kappa shape index (κ2) is 6.47. The Balaban J connectivity index is 1.85. The molecule has 2 aromatic rings. The lowest BCUT2D eigenvalue weighted by Crippen LogP contribution is -2.32. The smallest absolute Gasteiger partial charge is 0.227 e. The van der Waals surface area contributed by atoms with Gasteiger partial charge in [0.15, 0.2) is 0 Å². The number of nitrogens with one attached hydrogen (secondary N) is 1. The second-order valence-corrected chi connectivity index (χ2v) is 5.31. The van der Waals surface area contributed by atoms with E-state index in [-0.39, 0.29) is 11.9 Å². The molecular weight excluding hydrogens is 262 g/mol. The van der Waals surface area contributed by atoms with Gasteiger partial charge in [0.25, 0.3) is 0 Å². The topological polar surface area (TPSA) is 68.0 Å². The molecule has 0 aromatic carbocycles. The van der Waals surface area contributed by atoms with E-state index < -0.39 is 0 Å². The fourth-order valence-electron chi connectivity index (χ4n) is 1.53. The van der Waals surface area contributed by atoms with Crippen LogP contribution in [0.15, 0.2) is 22.0 Å². The van der Waals surface area contributed by atoms with E-state index >= 15 is 0 Å². The predicted molar refractivity (Wildman–Crippen MR) is 73.8 cm³/mol. The van der Waals surface area contributed by atoms with Gasteiger partial charge < -0.3 is 9.84 Å². The summed E-state index contributed by atoms with van der Waals surface area (Å²) in [6.07, 6.45) is 1.77. The summed E-state index contributed by atoms with van der Waals surface area (Å²) in [6, 6.07) is 4.08. The van der Waals surface area contributed by atoms with Crippen molar-refractivity contribution in [3.05, 3.63) is 23.4 Å². The van der Waals surface area contributed by atoms with E-state index in [0.29, 0.717) is 24.6 Å². The van der Waals surface area contributed by atoms with E-state index in [1.54, 1.807) is 11.3 Å². The highest BCUT2D eigenvalue weighted by molar-refractivity contribution is 7.13. The maximum absolute atomic E-state index is 11.6. The Morgan fingerprint density at radius 1 is 1.58 bits per heavy atom. The maximum Gasteiger partial charge on any atom is 0.227 e. The number of aromatic nitrogens is 2. The van der Waals surface area contributed by atoms with Crippen molar-refractivity contribution >= 4 is 17.2 Å². The first-order valence-corrected chi connectivity index (χ1v) is 7.22. The molecule has 102 valence electrons. The fourth-order valence-corrected chi connectivity index (χ4v) is 2.18. The SMILES string of the molecule is CC[C@@H](C)NC(=O)CCc1nc(-c2cccs2)no1. The standard InChI is InChI=1S/C13H17N3O2S/c1-3-9(2)14-11(17)6-7-12-15-13(16-18-12)10-5-4-8-19-10/h4-5,8-9H,3,6-7H2,1-2H3,(H,14,17)/t9-/m1/s1. The molecule has 0 bridgehead atoms. The van der Waals surface area contributed by atoms with Crippen molar-refractivity contribution in [1.29, 1.82) is 0 Å². The zero-order valence-corrected chi connectivity index (χ0v) is 11.9. The molecule has 0 saturated carbocycles. The van der Waals surface area contributed by atoms with Crippen LogP contribution in [0.5, 0.6) is 0 Å². The van der Waals surface area contributed by atoms with Gasteiger partial charge >= 0.3 is 0 Å². The number of hydrogen-bond donors (Lipinski definition) is 1. The highest BCUT2D eigenvalue weighted by Gasteiger charge is 2.11. The first-order chi connectivity index (χ1) is 9.19. The molecule has 1 amide bonds. The molecule has 5 nitrogen and oxygen atoms in total. The molecule has 0 radical (unpaired) electrons. The lowest BCUT2D eigenvalue weighted by Gasteiger charge is -2.10. The first-order valence-electron chi connectivity index (χ1n) is 6.35. The molecule has 1 N–H and O–H groups in total. The van der Waals surface area contributed by atoms with Gasteiger partial charge in [-0.25, -0.2) is 0 Å². The van der Waals surface area contributed by atoms with Crippen LogP contribution in [-0.4, -0.2) is 22.1 Å². The van der Waals surface area contributed by atoms with Crippen molar-refractivity contribution in [2.45, 2.75) is 39.2 Å². The summed E-state index contributed by atoms with van der Waals surface area (Å²) in [5.74, 6) is 1.11. The quantitative estimate of drug-likeness (QED) is 0.882. The third-order valence-electron chi connectivity index (χ3n) is 2.80. The van der Waals surface area contributed by atoms with Crippen molar-refractivity contribution in [2.24, 2.45) is 0 Å².